The third-order valence-corrected chi connectivity index (χ3v) is 5.79. The average Bonchev–Trinajstić information content (AvgIpc) is 2.93. The second-order valence-corrected chi connectivity index (χ2v) is 9.46. The van der Waals surface area contributed by atoms with Crippen LogP contribution in [-0.4, -0.2) is 37.3 Å². The maximum absolute atomic E-state index is 11.8. The Hall–Kier alpha value is -4.00. The zero-order valence-corrected chi connectivity index (χ0v) is 23.4. The third-order valence-electron chi connectivity index (χ3n) is 5.79. The molecule has 0 saturated carbocycles. The summed E-state index contributed by atoms with van der Waals surface area (Å²) in [6, 6.07) is 15.0. The zero-order valence-electron chi connectivity index (χ0n) is 23.4. The van der Waals surface area contributed by atoms with E-state index in [-0.39, 0.29) is 23.7 Å². The van der Waals surface area contributed by atoms with Gasteiger partial charge in [-0.15, -0.1) is 0 Å². The Morgan fingerprint density at radius 3 is 2.59 bits per heavy atom. The highest BCUT2D eigenvalue weighted by Gasteiger charge is 2.19. The second-order valence-electron chi connectivity index (χ2n) is 9.46. The van der Waals surface area contributed by atoms with Gasteiger partial charge in [-0.2, -0.15) is 0 Å². The summed E-state index contributed by atoms with van der Waals surface area (Å²) in [7, 11) is 3.06. The van der Waals surface area contributed by atoms with Crippen LogP contribution < -0.4 is 10.1 Å². The SMILES string of the molecule is COC1=CC(=O)O[C@@H](/C=C/c2ccccc2)C1.COc1cc(CNC(=O)CCCC/C=C/C(C)C)ccc1O. The number of amides is 1. The number of benzene rings is 2. The Kier molecular flexibility index (Phi) is 14.0. The molecule has 7 nitrogen and oxygen atoms in total. The van der Waals surface area contributed by atoms with Crippen LogP contribution in [0.15, 0.2) is 78.6 Å². The Morgan fingerprint density at radius 2 is 1.90 bits per heavy atom. The van der Waals surface area contributed by atoms with Gasteiger partial charge in [0.1, 0.15) is 11.9 Å². The fourth-order valence-electron chi connectivity index (χ4n) is 3.68. The maximum Gasteiger partial charge on any atom is 0.334 e. The highest BCUT2D eigenvalue weighted by atomic mass is 16.5. The molecule has 0 bridgehead atoms. The van der Waals surface area contributed by atoms with E-state index in [0.717, 1.165) is 30.4 Å². The molecule has 0 unspecified atom stereocenters. The van der Waals surface area contributed by atoms with Crippen LogP contribution in [0.5, 0.6) is 11.5 Å². The number of hydrogen-bond acceptors (Lipinski definition) is 6. The number of rotatable bonds is 12. The van der Waals surface area contributed by atoms with E-state index in [1.165, 1.54) is 13.2 Å². The van der Waals surface area contributed by atoms with E-state index in [4.69, 9.17) is 14.2 Å². The number of unbranched alkanes of at least 4 members (excludes halogenated alkanes) is 2. The largest absolute Gasteiger partial charge is 0.504 e. The van der Waals surface area contributed by atoms with Crippen LogP contribution in [0.1, 0.15) is 57.1 Å². The van der Waals surface area contributed by atoms with Crippen molar-refractivity contribution < 1.29 is 28.9 Å². The van der Waals surface area contributed by atoms with Gasteiger partial charge in [-0.1, -0.05) is 68.5 Å². The molecule has 0 fully saturated rings. The summed E-state index contributed by atoms with van der Waals surface area (Å²) in [6.45, 7) is 4.76. The maximum atomic E-state index is 11.8. The normalized spacial score (nSPS) is 14.9. The Bertz CT molecular complexity index is 1120. The van der Waals surface area contributed by atoms with Gasteiger partial charge in [0.25, 0.3) is 0 Å². The number of phenolic OH excluding ortho intramolecular Hbond substituents is 1. The second kappa shape index (κ2) is 17.5. The van der Waals surface area contributed by atoms with Gasteiger partial charge in [-0.25, -0.2) is 4.79 Å². The van der Waals surface area contributed by atoms with Crippen LogP contribution in [0, 0.1) is 5.92 Å². The number of allylic oxidation sites excluding steroid dienone is 2. The summed E-state index contributed by atoms with van der Waals surface area (Å²) in [5, 5.41) is 12.4. The van der Waals surface area contributed by atoms with Crippen molar-refractivity contribution in [3.8, 4) is 11.5 Å². The smallest absolute Gasteiger partial charge is 0.334 e. The molecule has 2 aromatic carbocycles. The molecule has 1 aliphatic heterocycles. The standard InChI is InChI=1S/C18H27NO3.C14H14O3/c1-14(2)8-6-4-5-7-9-18(21)19-13-15-10-11-16(20)17(12-15)22-3;1-16-13-9-12(17-14(15)10-13)8-7-11-5-3-2-4-6-11/h6,8,10-12,14,20H,4-5,7,9,13H2,1-3H3,(H,19,21);2-8,10,12H,9H2,1H3/b8-6+;8-7+/t;12-/m.0/s1. The molecule has 0 radical (unpaired) electrons. The molecule has 1 amide bonds. The zero-order chi connectivity index (χ0) is 28.5. The lowest BCUT2D eigenvalue weighted by atomic mass is 10.1. The number of nitrogens with one attached hydrogen (secondary N) is 1. The molecule has 39 heavy (non-hydrogen) atoms. The van der Waals surface area contributed by atoms with Crippen LogP contribution in [0.2, 0.25) is 0 Å². The molecule has 0 saturated heterocycles. The molecule has 3 rings (SSSR count). The lowest BCUT2D eigenvalue weighted by Gasteiger charge is -2.19. The van der Waals surface area contributed by atoms with Crippen molar-refractivity contribution in [2.75, 3.05) is 14.2 Å². The molecule has 0 aromatic heterocycles. The van der Waals surface area contributed by atoms with Crippen LogP contribution >= 0.6 is 0 Å². The minimum absolute atomic E-state index is 0.0554. The average molecular weight is 536 g/mol. The van der Waals surface area contributed by atoms with Gasteiger partial charge in [0, 0.05) is 19.4 Å². The van der Waals surface area contributed by atoms with Gasteiger partial charge in [0.05, 0.1) is 20.3 Å². The lowest BCUT2D eigenvalue weighted by Crippen LogP contribution is -2.22. The van der Waals surface area contributed by atoms with Crippen molar-refractivity contribution in [3.63, 3.8) is 0 Å². The topological polar surface area (TPSA) is 94.1 Å². The number of carbonyl (C=O) groups is 2. The number of methoxy groups -OCH3 is 2. The van der Waals surface area contributed by atoms with E-state index in [1.807, 2.05) is 42.5 Å². The molecule has 7 heteroatoms. The molecule has 0 aliphatic carbocycles. The summed E-state index contributed by atoms with van der Waals surface area (Å²) in [5.41, 5.74) is 1.99. The van der Waals surface area contributed by atoms with Gasteiger partial charge < -0.3 is 24.6 Å². The summed E-state index contributed by atoms with van der Waals surface area (Å²) < 4.78 is 15.3. The van der Waals surface area contributed by atoms with Crippen LogP contribution in [0.4, 0.5) is 0 Å². The number of esters is 1. The highest BCUT2D eigenvalue weighted by molar-refractivity contribution is 5.83. The third kappa shape index (κ3) is 12.9. The Balaban J connectivity index is 0.000000282. The van der Waals surface area contributed by atoms with E-state index in [9.17, 15) is 14.7 Å². The summed E-state index contributed by atoms with van der Waals surface area (Å²) >= 11 is 0. The van der Waals surface area contributed by atoms with Crippen molar-refractivity contribution >= 4 is 18.0 Å². The fraction of sp³-hybridized carbons (Fsp3) is 0.375. The molecule has 1 heterocycles. The predicted molar refractivity (Wildman–Crippen MR) is 154 cm³/mol. The van der Waals surface area contributed by atoms with Gasteiger partial charge in [-0.3, -0.25) is 4.79 Å². The first-order valence-electron chi connectivity index (χ1n) is 13.3. The van der Waals surface area contributed by atoms with E-state index >= 15 is 0 Å². The van der Waals surface area contributed by atoms with Crippen molar-refractivity contribution in [1.82, 2.24) is 5.32 Å². The molecule has 1 atom stereocenters. The summed E-state index contributed by atoms with van der Waals surface area (Å²) in [6.07, 6.45) is 13.4. The van der Waals surface area contributed by atoms with Crippen molar-refractivity contribution in [2.24, 2.45) is 5.92 Å². The minimum Gasteiger partial charge on any atom is -0.504 e. The van der Waals surface area contributed by atoms with Gasteiger partial charge in [0.15, 0.2) is 11.5 Å². The van der Waals surface area contributed by atoms with E-state index in [0.29, 0.717) is 36.8 Å². The summed E-state index contributed by atoms with van der Waals surface area (Å²) in [4.78, 5) is 23.0. The lowest BCUT2D eigenvalue weighted by molar-refractivity contribution is -0.142. The Labute approximate surface area is 232 Å². The predicted octanol–water partition coefficient (Wildman–Crippen LogP) is 6.34. The first-order chi connectivity index (χ1) is 18.8. The van der Waals surface area contributed by atoms with Gasteiger partial charge in [-0.05, 0) is 54.5 Å². The van der Waals surface area contributed by atoms with Gasteiger partial charge >= 0.3 is 5.97 Å². The van der Waals surface area contributed by atoms with Crippen LogP contribution in [0.3, 0.4) is 0 Å². The quantitative estimate of drug-likeness (QED) is 0.187. The van der Waals surface area contributed by atoms with Crippen molar-refractivity contribution in [1.29, 1.82) is 0 Å². The number of aromatic hydroxyl groups is 1. The molecule has 2 N–H and O–H groups in total. The first kappa shape index (κ1) is 31.2. The van der Waals surface area contributed by atoms with E-state index < -0.39 is 0 Å². The minimum atomic E-state index is -0.351. The summed E-state index contributed by atoms with van der Waals surface area (Å²) in [5.74, 6) is 1.47. The fourth-order valence-corrected chi connectivity index (χ4v) is 3.68. The van der Waals surface area contributed by atoms with Crippen LogP contribution in [0.25, 0.3) is 6.08 Å². The molecule has 0 spiro atoms. The van der Waals surface area contributed by atoms with E-state index in [1.54, 1.807) is 25.3 Å². The molecular weight excluding hydrogens is 494 g/mol. The number of ether oxygens (including phenoxy) is 3. The number of cyclic esters (lactones) is 1. The van der Waals surface area contributed by atoms with Crippen molar-refractivity contribution in [2.45, 2.75) is 58.6 Å². The number of carbonyl (C=O) groups excluding carboxylic acids is 2. The van der Waals surface area contributed by atoms with Crippen molar-refractivity contribution in [3.05, 3.63) is 89.7 Å². The monoisotopic (exact) mass is 535 g/mol. The van der Waals surface area contributed by atoms with Crippen LogP contribution in [-0.2, 0) is 25.6 Å². The molecule has 210 valence electrons. The molecule has 2 aromatic rings. The van der Waals surface area contributed by atoms with Gasteiger partial charge in [0.2, 0.25) is 5.91 Å². The molecular formula is C32H41NO6. The highest BCUT2D eigenvalue weighted by Crippen LogP contribution is 2.26. The number of hydrogen-bond donors (Lipinski definition) is 2. The van der Waals surface area contributed by atoms with E-state index in [2.05, 4.69) is 31.3 Å². The number of phenols is 1. The molecule has 1 aliphatic rings. The Morgan fingerprint density at radius 1 is 1.13 bits per heavy atom. The first-order valence-corrected chi connectivity index (χ1v) is 13.3.